The summed E-state index contributed by atoms with van der Waals surface area (Å²) in [5.41, 5.74) is 9.83. The molecule has 4 atom stereocenters. The second-order valence-electron chi connectivity index (χ2n) is 10.2. The van der Waals surface area contributed by atoms with Crippen molar-refractivity contribution in [2.24, 2.45) is 5.73 Å². The van der Waals surface area contributed by atoms with Gasteiger partial charge in [0.2, 0.25) is 17.7 Å². The number of nitrogens with two attached hydrogens (primary N) is 1. The van der Waals surface area contributed by atoms with Gasteiger partial charge in [-0.2, -0.15) is 11.8 Å². The number of aromatic nitrogens is 2. The number of benzene rings is 2. The number of hydrogen-bond acceptors (Lipinski definition) is 6. The van der Waals surface area contributed by atoms with E-state index in [9.17, 15) is 24.3 Å². The molecule has 42 heavy (non-hydrogen) atoms. The summed E-state index contributed by atoms with van der Waals surface area (Å²) in [6.45, 7) is 1.35. The average molecular weight is 593 g/mol. The molecule has 0 fully saturated rings. The summed E-state index contributed by atoms with van der Waals surface area (Å²) in [5, 5.41) is 19.1. The summed E-state index contributed by atoms with van der Waals surface area (Å²) in [6, 6.07) is 11.2. The van der Waals surface area contributed by atoms with Gasteiger partial charge < -0.3 is 36.8 Å². The van der Waals surface area contributed by atoms with Crippen molar-refractivity contribution in [1.29, 1.82) is 0 Å². The monoisotopic (exact) mass is 592 g/mol. The first-order valence-electron chi connectivity index (χ1n) is 13.7. The fourth-order valence-corrected chi connectivity index (χ4v) is 5.26. The van der Waals surface area contributed by atoms with Crippen LogP contribution in [0.2, 0.25) is 0 Å². The Balaban J connectivity index is 1.54. The van der Waals surface area contributed by atoms with Crippen LogP contribution in [0.15, 0.2) is 60.9 Å². The van der Waals surface area contributed by atoms with Crippen molar-refractivity contribution in [1.82, 2.24) is 25.9 Å². The van der Waals surface area contributed by atoms with Gasteiger partial charge in [-0.25, -0.2) is 0 Å². The third-order valence-electron chi connectivity index (χ3n) is 7.16. The molecule has 0 radical (unpaired) electrons. The number of amides is 3. The number of para-hydroxylation sites is 2. The van der Waals surface area contributed by atoms with Crippen LogP contribution in [0.4, 0.5) is 0 Å². The van der Waals surface area contributed by atoms with Crippen LogP contribution in [0.3, 0.4) is 0 Å². The van der Waals surface area contributed by atoms with Gasteiger partial charge in [-0.05, 0) is 55.0 Å². The van der Waals surface area contributed by atoms with Gasteiger partial charge in [0.15, 0.2) is 0 Å². The number of thioether (sulfide) groups is 1. The van der Waals surface area contributed by atoms with Gasteiger partial charge in [0.25, 0.3) is 0 Å². The summed E-state index contributed by atoms with van der Waals surface area (Å²) in [4.78, 5) is 57.6. The Morgan fingerprint density at radius 3 is 1.90 bits per heavy atom. The van der Waals surface area contributed by atoms with E-state index in [0.717, 1.165) is 32.9 Å². The largest absolute Gasteiger partial charge is 0.480 e. The van der Waals surface area contributed by atoms with Crippen molar-refractivity contribution in [3.05, 3.63) is 72.1 Å². The molecule has 0 aliphatic rings. The summed E-state index contributed by atoms with van der Waals surface area (Å²) in [7, 11) is 0. The van der Waals surface area contributed by atoms with Gasteiger partial charge in [0, 0.05) is 40.6 Å². The number of aromatic amines is 2. The molecule has 2 aromatic heterocycles. The number of carbonyl (C=O) groups is 4. The Kier molecular flexibility index (Phi) is 10.3. The highest BCUT2D eigenvalue weighted by atomic mass is 32.2. The number of rotatable bonds is 14. The zero-order valence-electron chi connectivity index (χ0n) is 23.5. The SMILES string of the molecule is CSCCC(NC(=O)C(Cc1c[nH]c2ccccc12)NC(=O)C(N)Cc1c[nH]c2ccccc12)C(=O)NC(C)C(=O)O. The lowest BCUT2D eigenvalue weighted by Crippen LogP contribution is -2.57. The first-order valence-corrected chi connectivity index (χ1v) is 15.1. The summed E-state index contributed by atoms with van der Waals surface area (Å²) in [5.74, 6) is -2.33. The molecule has 2 aromatic carbocycles. The number of H-pyrrole nitrogens is 2. The van der Waals surface area contributed by atoms with E-state index in [2.05, 4.69) is 25.9 Å². The zero-order valence-corrected chi connectivity index (χ0v) is 24.3. The minimum Gasteiger partial charge on any atom is -0.480 e. The number of nitrogens with one attached hydrogen (secondary N) is 5. The number of hydrogen-bond donors (Lipinski definition) is 7. The number of carboxylic acid groups (broad SMARTS) is 1. The van der Waals surface area contributed by atoms with E-state index in [1.54, 1.807) is 6.20 Å². The molecule has 4 unspecified atom stereocenters. The molecule has 0 saturated carbocycles. The highest BCUT2D eigenvalue weighted by Crippen LogP contribution is 2.21. The molecule has 0 bridgehead atoms. The van der Waals surface area contributed by atoms with Crippen LogP contribution in [0.5, 0.6) is 0 Å². The maximum atomic E-state index is 13.7. The quantitative estimate of drug-likeness (QED) is 0.117. The van der Waals surface area contributed by atoms with Crippen molar-refractivity contribution in [2.75, 3.05) is 12.0 Å². The molecular formula is C30H36N6O5S. The normalized spacial score (nSPS) is 14.2. The maximum Gasteiger partial charge on any atom is 0.325 e. The predicted octanol–water partition coefficient (Wildman–Crippen LogP) is 2.07. The smallest absolute Gasteiger partial charge is 0.325 e. The molecule has 12 heteroatoms. The van der Waals surface area contributed by atoms with Crippen molar-refractivity contribution in [3.8, 4) is 0 Å². The third-order valence-corrected chi connectivity index (χ3v) is 7.80. The van der Waals surface area contributed by atoms with Crippen LogP contribution in [-0.4, -0.2) is 74.9 Å². The Morgan fingerprint density at radius 2 is 1.33 bits per heavy atom. The lowest BCUT2D eigenvalue weighted by Gasteiger charge is -2.25. The molecule has 3 amide bonds. The molecule has 8 N–H and O–H groups in total. The molecule has 0 saturated heterocycles. The van der Waals surface area contributed by atoms with Crippen molar-refractivity contribution in [2.45, 2.75) is 50.4 Å². The molecule has 0 aliphatic carbocycles. The number of fused-ring (bicyclic) bond motifs is 2. The fraction of sp³-hybridized carbons (Fsp3) is 0.333. The first-order chi connectivity index (χ1) is 20.2. The predicted molar refractivity (Wildman–Crippen MR) is 164 cm³/mol. The van der Waals surface area contributed by atoms with Gasteiger partial charge in [0.05, 0.1) is 6.04 Å². The van der Waals surface area contributed by atoms with Crippen LogP contribution >= 0.6 is 11.8 Å². The Bertz CT molecular complexity index is 1570. The average Bonchev–Trinajstić information content (AvgIpc) is 3.58. The second kappa shape index (κ2) is 14.1. The summed E-state index contributed by atoms with van der Waals surface area (Å²) < 4.78 is 0. The Morgan fingerprint density at radius 1 is 0.810 bits per heavy atom. The molecule has 11 nitrogen and oxygen atoms in total. The topological polar surface area (TPSA) is 182 Å². The number of carbonyl (C=O) groups excluding carboxylic acids is 3. The molecule has 222 valence electrons. The van der Waals surface area contributed by atoms with Gasteiger partial charge >= 0.3 is 5.97 Å². The van der Waals surface area contributed by atoms with Crippen molar-refractivity contribution >= 4 is 57.3 Å². The van der Waals surface area contributed by atoms with Crippen LogP contribution in [0.1, 0.15) is 24.5 Å². The molecule has 0 spiro atoms. The standard InChI is InChI=1S/C30H36N6O5S/c1-17(30(40)41)34-28(38)25(11-12-42-2)35-29(39)26(14-19-16-33-24-10-6-4-8-21(19)24)36-27(37)22(31)13-18-15-32-23-9-5-3-7-20(18)23/h3-10,15-17,22,25-26,32-33H,11-14,31H2,1-2H3,(H,34,38)(H,35,39)(H,36,37)(H,40,41). The molecular weight excluding hydrogens is 556 g/mol. The Hall–Kier alpha value is -4.29. The van der Waals surface area contributed by atoms with Gasteiger partial charge in [-0.3, -0.25) is 19.2 Å². The highest BCUT2D eigenvalue weighted by molar-refractivity contribution is 7.98. The van der Waals surface area contributed by atoms with Gasteiger partial charge in [-0.15, -0.1) is 0 Å². The molecule has 4 rings (SSSR count). The van der Waals surface area contributed by atoms with Gasteiger partial charge in [-0.1, -0.05) is 36.4 Å². The van der Waals surface area contributed by atoms with Crippen molar-refractivity contribution < 1.29 is 24.3 Å². The molecule has 2 heterocycles. The van der Waals surface area contributed by atoms with E-state index in [1.807, 2.05) is 61.0 Å². The van der Waals surface area contributed by atoms with E-state index < -0.39 is 47.9 Å². The maximum absolute atomic E-state index is 13.7. The van der Waals surface area contributed by atoms with E-state index in [0.29, 0.717) is 5.75 Å². The highest BCUT2D eigenvalue weighted by Gasteiger charge is 2.30. The minimum absolute atomic E-state index is 0.143. The van der Waals surface area contributed by atoms with E-state index in [4.69, 9.17) is 5.73 Å². The number of aliphatic carboxylic acids is 1. The zero-order chi connectivity index (χ0) is 30.2. The summed E-state index contributed by atoms with van der Waals surface area (Å²) >= 11 is 1.49. The first kappa shape index (κ1) is 30.7. The fourth-order valence-electron chi connectivity index (χ4n) is 4.79. The van der Waals surface area contributed by atoms with E-state index in [1.165, 1.54) is 18.7 Å². The lowest BCUT2D eigenvalue weighted by molar-refractivity contribution is -0.141. The third kappa shape index (κ3) is 7.51. The van der Waals surface area contributed by atoms with E-state index >= 15 is 0 Å². The van der Waals surface area contributed by atoms with Crippen molar-refractivity contribution in [3.63, 3.8) is 0 Å². The van der Waals surface area contributed by atoms with Crippen LogP contribution in [-0.2, 0) is 32.0 Å². The van der Waals surface area contributed by atoms with Crippen LogP contribution < -0.4 is 21.7 Å². The minimum atomic E-state index is -1.19. The molecule has 4 aromatic rings. The Labute approximate surface area is 247 Å². The van der Waals surface area contributed by atoms with Gasteiger partial charge in [0.1, 0.15) is 18.1 Å². The molecule has 0 aliphatic heterocycles. The lowest BCUT2D eigenvalue weighted by atomic mass is 10.0. The number of carboxylic acids is 1. The van der Waals surface area contributed by atoms with Crippen LogP contribution in [0.25, 0.3) is 21.8 Å². The second-order valence-corrected chi connectivity index (χ2v) is 11.2. The van der Waals surface area contributed by atoms with Crippen LogP contribution in [0, 0.1) is 0 Å². The van der Waals surface area contributed by atoms with E-state index in [-0.39, 0.29) is 19.3 Å². The summed E-state index contributed by atoms with van der Waals surface area (Å²) in [6.07, 6.45) is 6.15.